The van der Waals surface area contributed by atoms with Crippen LogP contribution in [0.25, 0.3) is 0 Å². The lowest BCUT2D eigenvalue weighted by Crippen LogP contribution is -2.63. The molecule has 11 heavy (non-hydrogen) atoms. The monoisotopic (exact) mass is 171 g/mol. The molecule has 0 aromatic rings. The van der Waals surface area contributed by atoms with Crippen molar-refractivity contribution >= 4 is 0 Å². The van der Waals surface area contributed by atoms with Crippen molar-refractivity contribution in [3.8, 4) is 0 Å². The number of alkyl halides is 4. The van der Waals surface area contributed by atoms with E-state index in [-0.39, 0.29) is 0 Å². The molecule has 1 rings (SSSR count). The summed E-state index contributed by atoms with van der Waals surface area (Å²) in [4.78, 5) is 0. The molecule has 1 nitrogen and oxygen atoms in total. The summed E-state index contributed by atoms with van der Waals surface area (Å²) in [5.41, 5.74) is 5.08. The van der Waals surface area contributed by atoms with Crippen LogP contribution >= 0.6 is 0 Å². The van der Waals surface area contributed by atoms with Gasteiger partial charge in [-0.1, -0.05) is 0 Å². The van der Waals surface area contributed by atoms with Gasteiger partial charge in [0.2, 0.25) is 0 Å². The predicted octanol–water partition coefficient (Wildman–Crippen LogP) is 1.62. The first kappa shape index (κ1) is 8.77. The maximum absolute atomic E-state index is 12.4. The van der Waals surface area contributed by atoms with Gasteiger partial charge in [0.05, 0.1) is 0 Å². The van der Waals surface area contributed by atoms with Gasteiger partial charge in [0.1, 0.15) is 0 Å². The minimum atomic E-state index is -3.90. The molecule has 2 unspecified atom stereocenters. The summed E-state index contributed by atoms with van der Waals surface area (Å²) >= 11 is 0. The second-order valence-corrected chi connectivity index (χ2v) is 3.00. The van der Waals surface area contributed by atoms with E-state index >= 15 is 0 Å². The molecule has 0 amide bonds. The zero-order valence-electron chi connectivity index (χ0n) is 5.95. The zero-order chi connectivity index (χ0) is 8.86. The molecule has 0 spiro atoms. The lowest BCUT2D eigenvalue weighted by molar-refractivity contribution is -0.316. The third-order valence-corrected chi connectivity index (χ3v) is 2.06. The van der Waals surface area contributed by atoms with Gasteiger partial charge in [-0.05, 0) is 6.92 Å². The molecule has 1 aliphatic carbocycles. The Hall–Kier alpha value is -0.320. The van der Waals surface area contributed by atoms with E-state index in [0.717, 1.165) is 0 Å². The van der Waals surface area contributed by atoms with Crippen LogP contribution in [0, 0.1) is 5.92 Å². The summed E-state index contributed by atoms with van der Waals surface area (Å²) in [6.07, 6.45) is -0.794. The number of nitrogens with two attached hydrogens (primary N) is 1. The minimum absolute atomic E-state index is 0.794. The maximum Gasteiger partial charge on any atom is 0.314 e. The molecule has 1 fully saturated rings. The van der Waals surface area contributed by atoms with Crippen LogP contribution in [0.5, 0.6) is 0 Å². The molecular weight excluding hydrogens is 162 g/mol. The van der Waals surface area contributed by atoms with E-state index in [9.17, 15) is 17.6 Å². The van der Waals surface area contributed by atoms with E-state index in [2.05, 4.69) is 0 Å². The van der Waals surface area contributed by atoms with Crippen molar-refractivity contribution in [3.63, 3.8) is 0 Å². The van der Waals surface area contributed by atoms with Crippen molar-refractivity contribution in [1.29, 1.82) is 0 Å². The van der Waals surface area contributed by atoms with Gasteiger partial charge in [0.15, 0.2) is 0 Å². The Morgan fingerprint density at radius 1 is 1.36 bits per heavy atom. The normalized spacial score (nSPS) is 36.0. The van der Waals surface area contributed by atoms with Crippen LogP contribution in [-0.2, 0) is 0 Å². The van der Waals surface area contributed by atoms with Crippen molar-refractivity contribution in [2.45, 2.75) is 31.2 Å². The average Bonchev–Trinajstić information content (AvgIpc) is 1.82. The largest absolute Gasteiger partial charge is 0.327 e. The van der Waals surface area contributed by atoms with E-state index in [1.165, 1.54) is 6.92 Å². The molecule has 0 saturated heterocycles. The molecule has 5 heteroatoms. The Balaban J connectivity index is 2.69. The second-order valence-electron chi connectivity index (χ2n) is 3.00. The molecule has 66 valence electrons. The van der Waals surface area contributed by atoms with Crippen LogP contribution in [0.1, 0.15) is 13.3 Å². The SMILES string of the molecule is CC(N)C1CC(F)(F)C1(F)F. The maximum atomic E-state index is 12.4. The Morgan fingerprint density at radius 2 is 1.82 bits per heavy atom. The standard InChI is InChI=1S/C6H9F4N/c1-3(11)4-2-5(7,8)6(4,9)10/h3-4H,2,11H2,1H3. The third kappa shape index (κ3) is 1.02. The van der Waals surface area contributed by atoms with Crippen LogP contribution in [0.2, 0.25) is 0 Å². The molecule has 0 aliphatic heterocycles. The Kier molecular flexibility index (Phi) is 1.67. The van der Waals surface area contributed by atoms with Gasteiger partial charge in [-0.25, -0.2) is 0 Å². The molecule has 2 atom stereocenters. The van der Waals surface area contributed by atoms with Gasteiger partial charge in [-0.3, -0.25) is 0 Å². The summed E-state index contributed by atoms with van der Waals surface area (Å²) in [6, 6.07) is -0.871. The van der Waals surface area contributed by atoms with E-state index < -0.39 is 30.2 Å². The van der Waals surface area contributed by atoms with Crippen LogP contribution < -0.4 is 5.73 Å². The van der Waals surface area contributed by atoms with Crippen LogP contribution in [-0.4, -0.2) is 17.9 Å². The predicted molar refractivity (Wildman–Crippen MR) is 31.7 cm³/mol. The number of hydrogen-bond donors (Lipinski definition) is 1. The smallest absolute Gasteiger partial charge is 0.314 e. The molecule has 0 heterocycles. The first-order chi connectivity index (χ1) is 4.79. The molecule has 0 aromatic carbocycles. The van der Waals surface area contributed by atoms with Crippen molar-refractivity contribution in [3.05, 3.63) is 0 Å². The lowest BCUT2D eigenvalue weighted by Gasteiger charge is -2.45. The summed E-state index contributed by atoms with van der Waals surface area (Å²) in [5, 5.41) is 0. The van der Waals surface area contributed by atoms with E-state index in [0.29, 0.717) is 0 Å². The topological polar surface area (TPSA) is 26.0 Å². The van der Waals surface area contributed by atoms with Crippen LogP contribution in [0.3, 0.4) is 0 Å². The third-order valence-electron chi connectivity index (χ3n) is 2.06. The highest BCUT2D eigenvalue weighted by Gasteiger charge is 2.72. The number of rotatable bonds is 1. The van der Waals surface area contributed by atoms with Crippen LogP contribution in [0.15, 0.2) is 0 Å². The van der Waals surface area contributed by atoms with E-state index in [4.69, 9.17) is 5.73 Å². The van der Waals surface area contributed by atoms with E-state index in [1.807, 2.05) is 0 Å². The fourth-order valence-corrected chi connectivity index (χ4v) is 1.20. The zero-order valence-corrected chi connectivity index (χ0v) is 5.95. The molecule has 1 aliphatic rings. The minimum Gasteiger partial charge on any atom is -0.327 e. The number of halogens is 4. The average molecular weight is 171 g/mol. The molecule has 2 N–H and O–H groups in total. The highest BCUT2D eigenvalue weighted by molar-refractivity contribution is 5.05. The van der Waals surface area contributed by atoms with Crippen molar-refractivity contribution < 1.29 is 17.6 Å². The first-order valence-electron chi connectivity index (χ1n) is 3.30. The molecule has 0 aromatic heterocycles. The Labute approximate surface area is 61.6 Å². The quantitative estimate of drug-likeness (QED) is 0.596. The molecule has 0 bridgehead atoms. The van der Waals surface area contributed by atoms with Gasteiger partial charge in [-0.15, -0.1) is 0 Å². The van der Waals surface area contributed by atoms with Gasteiger partial charge >= 0.3 is 11.8 Å². The van der Waals surface area contributed by atoms with Crippen molar-refractivity contribution in [2.75, 3.05) is 0 Å². The summed E-state index contributed by atoms with van der Waals surface area (Å²) in [7, 11) is 0. The number of hydrogen-bond acceptors (Lipinski definition) is 1. The fraction of sp³-hybridized carbons (Fsp3) is 1.00. The lowest BCUT2D eigenvalue weighted by atomic mass is 9.73. The van der Waals surface area contributed by atoms with Gasteiger partial charge in [-0.2, -0.15) is 17.6 Å². The highest BCUT2D eigenvalue weighted by Crippen LogP contribution is 2.56. The van der Waals surface area contributed by atoms with Crippen molar-refractivity contribution in [2.24, 2.45) is 11.7 Å². The van der Waals surface area contributed by atoms with E-state index in [1.54, 1.807) is 0 Å². The summed E-state index contributed by atoms with van der Waals surface area (Å²) in [5.74, 6) is -9.11. The fourth-order valence-electron chi connectivity index (χ4n) is 1.20. The summed E-state index contributed by atoms with van der Waals surface area (Å²) < 4.78 is 49.0. The van der Waals surface area contributed by atoms with Crippen LogP contribution in [0.4, 0.5) is 17.6 Å². The van der Waals surface area contributed by atoms with Crippen molar-refractivity contribution in [1.82, 2.24) is 0 Å². The van der Waals surface area contributed by atoms with Gasteiger partial charge < -0.3 is 5.73 Å². The summed E-state index contributed by atoms with van der Waals surface area (Å²) in [6.45, 7) is 1.31. The van der Waals surface area contributed by atoms with Gasteiger partial charge in [0.25, 0.3) is 0 Å². The Bertz CT molecular complexity index is 166. The molecule has 0 radical (unpaired) electrons. The molecule has 1 saturated carbocycles. The second kappa shape index (κ2) is 2.09. The Morgan fingerprint density at radius 3 is 1.91 bits per heavy atom. The molecular formula is C6H9F4N. The van der Waals surface area contributed by atoms with Gasteiger partial charge in [0, 0.05) is 18.4 Å². The highest BCUT2D eigenvalue weighted by atomic mass is 19.3. The first-order valence-corrected chi connectivity index (χ1v) is 3.30.